The van der Waals surface area contributed by atoms with Gasteiger partial charge in [-0.3, -0.25) is 0 Å². The molecule has 0 aliphatic heterocycles. The molecule has 2 heteroatoms. The molecule has 0 aliphatic carbocycles. The van der Waals surface area contributed by atoms with Crippen LogP contribution in [-0.2, 0) is 13.0 Å². The van der Waals surface area contributed by atoms with Gasteiger partial charge in [0.05, 0.1) is 0 Å². The van der Waals surface area contributed by atoms with E-state index in [1.54, 1.807) is 0 Å². The van der Waals surface area contributed by atoms with Gasteiger partial charge in [0.1, 0.15) is 11.3 Å². The molecule has 0 amide bonds. The molecule has 0 bridgehead atoms. The fraction of sp³-hybridized carbons (Fsp3) is 0.529. The van der Waals surface area contributed by atoms with Crippen molar-refractivity contribution in [2.24, 2.45) is 5.92 Å². The number of furan rings is 1. The maximum absolute atomic E-state index is 5.93. The Morgan fingerprint density at radius 1 is 1.16 bits per heavy atom. The fourth-order valence-electron chi connectivity index (χ4n) is 2.45. The summed E-state index contributed by atoms with van der Waals surface area (Å²) in [5, 5.41) is 4.90. The molecule has 2 rings (SSSR count). The lowest BCUT2D eigenvalue weighted by Crippen LogP contribution is -2.31. The summed E-state index contributed by atoms with van der Waals surface area (Å²) in [7, 11) is 0. The van der Waals surface area contributed by atoms with Gasteiger partial charge in [-0.05, 0) is 18.9 Å². The van der Waals surface area contributed by atoms with E-state index in [2.05, 4.69) is 51.2 Å². The van der Waals surface area contributed by atoms with Crippen molar-refractivity contribution < 1.29 is 4.42 Å². The van der Waals surface area contributed by atoms with E-state index in [0.717, 1.165) is 24.3 Å². The Bertz CT molecular complexity index is 529. The van der Waals surface area contributed by atoms with Crippen molar-refractivity contribution >= 4 is 11.0 Å². The van der Waals surface area contributed by atoms with E-state index < -0.39 is 0 Å². The lowest BCUT2D eigenvalue weighted by atomic mass is 10.0. The number of benzene rings is 1. The lowest BCUT2D eigenvalue weighted by molar-refractivity contribution is 0.388. The van der Waals surface area contributed by atoms with Crippen LogP contribution in [0.5, 0.6) is 0 Å². The summed E-state index contributed by atoms with van der Waals surface area (Å²) in [4.78, 5) is 0. The predicted octanol–water partition coefficient (Wildman–Crippen LogP) is 4.52. The monoisotopic (exact) mass is 259 g/mol. The molecule has 2 unspecified atom stereocenters. The second kappa shape index (κ2) is 6.25. The number of hydrogen-bond donors (Lipinski definition) is 1. The summed E-state index contributed by atoms with van der Waals surface area (Å²) in [6.45, 7) is 9.85. The Morgan fingerprint density at radius 2 is 1.89 bits per heavy atom. The van der Waals surface area contributed by atoms with E-state index >= 15 is 0 Å². The SMILES string of the molecule is CCc1oc2ccccc2c1CNC(C)C(C)CC. The largest absolute Gasteiger partial charge is 0.461 e. The molecule has 1 aromatic carbocycles. The molecule has 0 spiro atoms. The number of fused-ring (bicyclic) bond motifs is 1. The highest BCUT2D eigenvalue weighted by Crippen LogP contribution is 2.26. The number of para-hydroxylation sites is 1. The van der Waals surface area contributed by atoms with Gasteiger partial charge in [0.2, 0.25) is 0 Å². The second-order valence-corrected chi connectivity index (χ2v) is 5.41. The van der Waals surface area contributed by atoms with E-state index in [9.17, 15) is 0 Å². The van der Waals surface area contributed by atoms with E-state index in [1.807, 2.05) is 6.07 Å². The molecule has 104 valence electrons. The van der Waals surface area contributed by atoms with Gasteiger partial charge >= 0.3 is 0 Å². The summed E-state index contributed by atoms with van der Waals surface area (Å²) in [6.07, 6.45) is 2.16. The third-order valence-electron chi connectivity index (χ3n) is 4.20. The summed E-state index contributed by atoms with van der Waals surface area (Å²) in [5.41, 5.74) is 2.33. The van der Waals surface area contributed by atoms with E-state index in [1.165, 1.54) is 17.4 Å². The maximum atomic E-state index is 5.93. The Hall–Kier alpha value is -1.28. The third kappa shape index (κ3) is 3.01. The third-order valence-corrected chi connectivity index (χ3v) is 4.20. The van der Waals surface area contributed by atoms with Crippen molar-refractivity contribution in [2.45, 2.75) is 53.1 Å². The quantitative estimate of drug-likeness (QED) is 0.825. The number of hydrogen-bond acceptors (Lipinski definition) is 2. The van der Waals surface area contributed by atoms with Crippen molar-refractivity contribution in [2.75, 3.05) is 0 Å². The number of rotatable bonds is 6. The molecule has 2 atom stereocenters. The van der Waals surface area contributed by atoms with Crippen LogP contribution in [0.25, 0.3) is 11.0 Å². The minimum atomic E-state index is 0.531. The van der Waals surface area contributed by atoms with Gasteiger partial charge in [-0.2, -0.15) is 0 Å². The number of aryl methyl sites for hydroxylation is 1. The zero-order valence-corrected chi connectivity index (χ0v) is 12.5. The van der Waals surface area contributed by atoms with Gasteiger partial charge in [-0.1, -0.05) is 45.4 Å². The summed E-state index contributed by atoms with van der Waals surface area (Å²) in [5.74, 6) is 1.81. The molecular weight excluding hydrogens is 234 g/mol. The predicted molar refractivity (Wildman–Crippen MR) is 81.3 cm³/mol. The Morgan fingerprint density at radius 3 is 2.58 bits per heavy atom. The zero-order chi connectivity index (χ0) is 13.8. The first-order chi connectivity index (χ1) is 9.17. The van der Waals surface area contributed by atoms with Crippen LogP contribution < -0.4 is 5.32 Å². The minimum Gasteiger partial charge on any atom is -0.461 e. The van der Waals surface area contributed by atoms with Crippen molar-refractivity contribution in [3.63, 3.8) is 0 Å². The normalized spacial score (nSPS) is 14.7. The Labute approximate surface area is 116 Å². The molecule has 1 N–H and O–H groups in total. The van der Waals surface area contributed by atoms with Gasteiger partial charge < -0.3 is 9.73 Å². The van der Waals surface area contributed by atoms with Gasteiger partial charge in [0, 0.05) is 30.0 Å². The fourth-order valence-corrected chi connectivity index (χ4v) is 2.45. The molecule has 0 fully saturated rings. The second-order valence-electron chi connectivity index (χ2n) is 5.41. The molecule has 0 saturated carbocycles. The topological polar surface area (TPSA) is 25.2 Å². The highest BCUT2D eigenvalue weighted by Gasteiger charge is 2.15. The van der Waals surface area contributed by atoms with Crippen LogP contribution in [0.3, 0.4) is 0 Å². The Kier molecular flexibility index (Phi) is 4.65. The first kappa shape index (κ1) is 14.1. The first-order valence-electron chi connectivity index (χ1n) is 7.40. The molecule has 2 aromatic rings. The van der Waals surface area contributed by atoms with Gasteiger partial charge in [-0.15, -0.1) is 0 Å². The smallest absolute Gasteiger partial charge is 0.134 e. The van der Waals surface area contributed by atoms with Crippen LogP contribution in [0.15, 0.2) is 28.7 Å². The van der Waals surface area contributed by atoms with Crippen LogP contribution in [0, 0.1) is 5.92 Å². The van der Waals surface area contributed by atoms with Crippen molar-refractivity contribution in [3.8, 4) is 0 Å². The van der Waals surface area contributed by atoms with Gasteiger partial charge in [0.15, 0.2) is 0 Å². The molecule has 0 aliphatic rings. The first-order valence-corrected chi connectivity index (χ1v) is 7.40. The van der Waals surface area contributed by atoms with E-state index in [4.69, 9.17) is 4.42 Å². The molecule has 2 nitrogen and oxygen atoms in total. The van der Waals surface area contributed by atoms with Gasteiger partial charge in [-0.25, -0.2) is 0 Å². The average Bonchev–Trinajstić information content (AvgIpc) is 2.81. The highest BCUT2D eigenvalue weighted by atomic mass is 16.3. The standard InChI is InChI=1S/C17H25NO/c1-5-12(3)13(4)18-11-15-14-9-7-8-10-17(14)19-16(15)6-2/h7-10,12-13,18H,5-6,11H2,1-4H3. The number of nitrogens with one attached hydrogen (secondary N) is 1. The van der Waals surface area contributed by atoms with Gasteiger partial charge in [0.25, 0.3) is 0 Å². The van der Waals surface area contributed by atoms with Crippen LogP contribution in [0.2, 0.25) is 0 Å². The van der Waals surface area contributed by atoms with Crippen molar-refractivity contribution in [3.05, 3.63) is 35.6 Å². The highest BCUT2D eigenvalue weighted by molar-refractivity contribution is 5.82. The molecule has 0 saturated heterocycles. The van der Waals surface area contributed by atoms with Crippen LogP contribution in [0.1, 0.15) is 45.4 Å². The van der Waals surface area contributed by atoms with Crippen molar-refractivity contribution in [1.29, 1.82) is 0 Å². The van der Waals surface area contributed by atoms with Crippen LogP contribution in [0.4, 0.5) is 0 Å². The summed E-state index contributed by atoms with van der Waals surface area (Å²) in [6, 6.07) is 8.85. The van der Waals surface area contributed by atoms with Crippen LogP contribution >= 0.6 is 0 Å². The molecular formula is C17H25NO. The molecule has 1 heterocycles. The lowest BCUT2D eigenvalue weighted by Gasteiger charge is -2.19. The summed E-state index contributed by atoms with van der Waals surface area (Å²) >= 11 is 0. The summed E-state index contributed by atoms with van der Waals surface area (Å²) < 4.78 is 5.93. The zero-order valence-electron chi connectivity index (χ0n) is 12.5. The van der Waals surface area contributed by atoms with E-state index in [-0.39, 0.29) is 0 Å². The molecule has 1 aromatic heterocycles. The maximum Gasteiger partial charge on any atom is 0.134 e. The Balaban J connectivity index is 2.19. The average molecular weight is 259 g/mol. The van der Waals surface area contributed by atoms with E-state index in [0.29, 0.717) is 12.0 Å². The van der Waals surface area contributed by atoms with Crippen LogP contribution in [-0.4, -0.2) is 6.04 Å². The molecule has 19 heavy (non-hydrogen) atoms. The minimum absolute atomic E-state index is 0.531. The van der Waals surface area contributed by atoms with Crippen molar-refractivity contribution in [1.82, 2.24) is 5.32 Å². The molecule has 0 radical (unpaired) electrons.